The number of hydrogen-bond acceptors (Lipinski definition) is 7. The van der Waals surface area contributed by atoms with Crippen LogP contribution in [0.3, 0.4) is 0 Å². The van der Waals surface area contributed by atoms with Crippen LogP contribution in [-0.2, 0) is 13.2 Å². The predicted molar refractivity (Wildman–Crippen MR) is 142 cm³/mol. The molecule has 0 saturated carbocycles. The van der Waals surface area contributed by atoms with Crippen LogP contribution in [0.25, 0.3) is 11.1 Å². The molecular weight excluding hydrogens is 504 g/mol. The number of aldehydes is 1. The van der Waals surface area contributed by atoms with Crippen molar-refractivity contribution in [3.05, 3.63) is 99.8 Å². The van der Waals surface area contributed by atoms with E-state index in [0.717, 1.165) is 33.8 Å². The molecule has 0 spiro atoms. The van der Waals surface area contributed by atoms with Gasteiger partial charge < -0.3 is 18.9 Å². The summed E-state index contributed by atoms with van der Waals surface area (Å²) < 4.78 is 23.3. The highest BCUT2D eigenvalue weighted by atomic mass is 35.5. The van der Waals surface area contributed by atoms with E-state index in [2.05, 4.69) is 11.1 Å². The molecular formula is C30H23ClN2O5. The van der Waals surface area contributed by atoms with E-state index >= 15 is 0 Å². The molecule has 1 aromatic heterocycles. The first-order chi connectivity index (χ1) is 18.6. The van der Waals surface area contributed by atoms with Gasteiger partial charge in [-0.3, -0.25) is 4.79 Å². The third kappa shape index (κ3) is 5.41. The first-order valence-electron chi connectivity index (χ1n) is 11.9. The molecule has 38 heavy (non-hydrogen) atoms. The molecule has 2 heterocycles. The summed E-state index contributed by atoms with van der Waals surface area (Å²) >= 11 is 6.42. The van der Waals surface area contributed by atoms with Crippen LogP contribution in [0, 0.1) is 18.3 Å². The van der Waals surface area contributed by atoms with Gasteiger partial charge in [-0.05, 0) is 59.5 Å². The van der Waals surface area contributed by atoms with Gasteiger partial charge in [0.15, 0.2) is 17.8 Å². The van der Waals surface area contributed by atoms with Gasteiger partial charge in [-0.25, -0.2) is 4.98 Å². The number of carbonyl (C=O) groups is 1. The van der Waals surface area contributed by atoms with Crippen molar-refractivity contribution in [2.75, 3.05) is 13.2 Å². The third-order valence-electron chi connectivity index (χ3n) is 6.17. The molecule has 0 radical (unpaired) electrons. The number of nitrogens with zero attached hydrogens (tertiary/aromatic N) is 2. The minimum Gasteiger partial charge on any atom is -0.487 e. The maximum Gasteiger partial charge on any atom is 0.161 e. The van der Waals surface area contributed by atoms with E-state index in [1.165, 1.54) is 6.07 Å². The van der Waals surface area contributed by atoms with Crippen molar-refractivity contribution in [3.63, 3.8) is 0 Å². The Hall–Kier alpha value is -4.54. The smallest absolute Gasteiger partial charge is 0.161 e. The number of halogens is 1. The fraction of sp³-hybridized carbons (Fsp3) is 0.167. The Bertz CT molecular complexity index is 1550. The number of ether oxygens (including phenoxy) is 4. The Balaban J connectivity index is 1.35. The van der Waals surface area contributed by atoms with Crippen molar-refractivity contribution in [1.82, 2.24) is 4.98 Å². The van der Waals surface area contributed by atoms with Crippen molar-refractivity contribution < 1.29 is 23.7 Å². The van der Waals surface area contributed by atoms with Crippen LogP contribution in [0.1, 0.15) is 32.9 Å². The van der Waals surface area contributed by atoms with Gasteiger partial charge in [0.25, 0.3) is 0 Å². The highest BCUT2D eigenvalue weighted by molar-refractivity contribution is 6.32. The van der Waals surface area contributed by atoms with Gasteiger partial charge in [-0.15, -0.1) is 0 Å². The monoisotopic (exact) mass is 526 g/mol. The van der Waals surface area contributed by atoms with E-state index in [4.69, 9.17) is 35.8 Å². The lowest BCUT2D eigenvalue weighted by atomic mass is 9.96. The van der Waals surface area contributed by atoms with E-state index in [-0.39, 0.29) is 24.5 Å². The number of hydrogen-bond donors (Lipinski definition) is 0. The van der Waals surface area contributed by atoms with Crippen molar-refractivity contribution in [2.45, 2.75) is 20.1 Å². The Morgan fingerprint density at radius 2 is 1.76 bits per heavy atom. The fourth-order valence-electron chi connectivity index (χ4n) is 4.17. The second kappa shape index (κ2) is 11.2. The summed E-state index contributed by atoms with van der Waals surface area (Å²) in [5.74, 6) is 2.18. The number of fused-ring (bicyclic) bond motifs is 1. The lowest BCUT2D eigenvalue weighted by molar-refractivity contribution is 0.111. The van der Waals surface area contributed by atoms with Gasteiger partial charge in [0.1, 0.15) is 49.7 Å². The molecule has 0 unspecified atom stereocenters. The number of aromatic nitrogens is 1. The van der Waals surface area contributed by atoms with Gasteiger partial charge in [0.05, 0.1) is 16.3 Å². The van der Waals surface area contributed by atoms with Crippen LogP contribution >= 0.6 is 11.6 Å². The Morgan fingerprint density at radius 3 is 2.58 bits per heavy atom. The number of carbonyl (C=O) groups excluding carboxylic acids is 1. The topological polar surface area (TPSA) is 90.7 Å². The van der Waals surface area contributed by atoms with Gasteiger partial charge in [0.2, 0.25) is 0 Å². The summed E-state index contributed by atoms with van der Waals surface area (Å²) in [7, 11) is 0. The lowest BCUT2D eigenvalue weighted by Crippen LogP contribution is -2.15. The number of nitriles is 1. The minimum atomic E-state index is 0.0775. The zero-order chi connectivity index (χ0) is 26.5. The fourth-order valence-corrected chi connectivity index (χ4v) is 4.40. The molecule has 0 N–H and O–H groups in total. The van der Waals surface area contributed by atoms with Crippen LogP contribution < -0.4 is 18.9 Å². The number of pyridine rings is 1. The molecule has 0 saturated heterocycles. The normalized spacial score (nSPS) is 11.9. The molecule has 0 amide bonds. The van der Waals surface area contributed by atoms with Crippen molar-refractivity contribution in [3.8, 4) is 40.2 Å². The minimum absolute atomic E-state index is 0.0775. The van der Waals surface area contributed by atoms with Crippen LogP contribution in [-0.4, -0.2) is 24.5 Å². The molecule has 5 rings (SSSR count). The van der Waals surface area contributed by atoms with E-state index in [0.29, 0.717) is 41.7 Å². The first-order valence-corrected chi connectivity index (χ1v) is 12.3. The van der Waals surface area contributed by atoms with Gasteiger partial charge in [0, 0.05) is 6.07 Å². The van der Waals surface area contributed by atoms with Crippen LogP contribution in [0.2, 0.25) is 5.02 Å². The zero-order valence-electron chi connectivity index (χ0n) is 20.6. The average Bonchev–Trinajstić information content (AvgIpc) is 2.96. The molecule has 3 aromatic carbocycles. The van der Waals surface area contributed by atoms with Crippen molar-refractivity contribution in [1.29, 1.82) is 5.26 Å². The van der Waals surface area contributed by atoms with Crippen LogP contribution in [0.15, 0.2) is 66.7 Å². The maximum atomic E-state index is 11.6. The molecule has 0 fully saturated rings. The van der Waals surface area contributed by atoms with Crippen LogP contribution in [0.5, 0.6) is 23.0 Å². The molecule has 1 aliphatic heterocycles. The molecule has 0 aliphatic carbocycles. The Labute approximate surface area is 225 Å². The Morgan fingerprint density at radius 1 is 0.974 bits per heavy atom. The molecule has 0 atom stereocenters. The summed E-state index contributed by atoms with van der Waals surface area (Å²) in [6.45, 7) is 3.45. The third-order valence-corrected chi connectivity index (χ3v) is 6.47. The average molecular weight is 527 g/mol. The van der Waals surface area contributed by atoms with Gasteiger partial charge in [-0.2, -0.15) is 5.26 Å². The van der Waals surface area contributed by atoms with Crippen molar-refractivity contribution in [2.24, 2.45) is 0 Å². The zero-order valence-corrected chi connectivity index (χ0v) is 21.3. The molecule has 0 bridgehead atoms. The highest BCUT2D eigenvalue weighted by Crippen LogP contribution is 2.37. The highest BCUT2D eigenvalue weighted by Gasteiger charge is 2.16. The van der Waals surface area contributed by atoms with E-state index in [1.54, 1.807) is 24.3 Å². The largest absolute Gasteiger partial charge is 0.487 e. The number of rotatable bonds is 8. The van der Waals surface area contributed by atoms with Crippen molar-refractivity contribution >= 4 is 17.9 Å². The second-order valence-electron chi connectivity index (χ2n) is 8.59. The van der Waals surface area contributed by atoms with Crippen LogP contribution in [0.4, 0.5) is 0 Å². The molecule has 4 aromatic rings. The molecule has 7 nitrogen and oxygen atoms in total. The predicted octanol–water partition coefficient (Wildman–Crippen LogP) is 6.32. The summed E-state index contributed by atoms with van der Waals surface area (Å²) in [5.41, 5.74) is 5.25. The summed E-state index contributed by atoms with van der Waals surface area (Å²) in [4.78, 5) is 15.8. The van der Waals surface area contributed by atoms with Gasteiger partial charge in [-0.1, -0.05) is 41.9 Å². The van der Waals surface area contributed by atoms with E-state index in [1.807, 2.05) is 43.3 Å². The summed E-state index contributed by atoms with van der Waals surface area (Å²) in [6, 6.07) is 22.1. The second-order valence-corrected chi connectivity index (χ2v) is 9.00. The standard InChI is InChI=1S/C30H23ClN2O5/c1-19-21(4-2-7-25(19)20-8-9-27-30(13-20)36-11-10-35-27)17-37-29-14-28(22(16-34)12-26(29)31)38-18-24-6-3-5-23(15-32)33-24/h2-9,12-14,16H,10-11,17-18H2,1H3. The first kappa shape index (κ1) is 25.1. The van der Waals surface area contributed by atoms with E-state index in [9.17, 15) is 4.79 Å². The Kier molecular flexibility index (Phi) is 7.43. The SMILES string of the molecule is Cc1c(COc2cc(OCc3cccc(C#N)n3)c(C=O)cc2Cl)cccc1-c1ccc2c(c1)OCCO2. The van der Waals surface area contributed by atoms with E-state index < -0.39 is 0 Å². The molecule has 8 heteroatoms. The molecule has 190 valence electrons. The summed E-state index contributed by atoms with van der Waals surface area (Å²) in [6.07, 6.45) is 0.672. The number of benzene rings is 3. The maximum absolute atomic E-state index is 11.6. The molecule has 1 aliphatic rings. The summed E-state index contributed by atoms with van der Waals surface area (Å²) in [5, 5.41) is 9.35. The quantitative estimate of drug-likeness (QED) is 0.248. The van der Waals surface area contributed by atoms with Gasteiger partial charge >= 0.3 is 0 Å². The lowest BCUT2D eigenvalue weighted by Gasteiger charge is -2.20.